The molecule has 0 saturated heterocycles. The van der Waals surface area contributed by atoms with Gasteiger partial charge in [0.15, 0.2) is 5.16 Å². The first-order valence-electron chi connectivity index (χ1n) is 7.83. The molecule has 3 heterocycles. The summed E-state index contributed by atoms with van der Waals surface area (Å²) in [7, 11) is 2.02. The third-order valence-electron chi connectivity index (χ3n) is 3.83. The minimum atomic E-state index is 0.0194. The lowest BCUT2D eigenvalue weighted by atomic mass is 10.2. The summed E-state index contributed by atoms with van der Waals surface area (Å²) in [4.78, 5) is 10.1. The first-order chi connectivity index (χ1) is 12.2. The molecule has 7 heteroatoms. The number of hydrogen-bond acceptors (Lipinski definition) is 6. The first kappa shape index (κ1) is 16.1. The lowest BCUT2D eigenvalue weighted by Crippen LogP contribution is -1.97. The van der Waals surface area contributed by atoms with Crippen molar-refractivity contribution >= 4 is 23.1 Å². The van der Waals surface area contributed by atoms with Gasteiger partial charge in [-0.1, -0.05) is 53.3 Å². The van der Waals surface area contributed by atoms with Crippen molar-refractivity contribution in [3.63, 3.8) is 0 Å². The molecule has 0 aliphatic rings. The topological polar surface area (TPSA) is 56.7 Å². The molecule has 0 aliphatic carbocycles. The Balaban J connectivity index is 1.54. The van der Waals surface area contributed by atoms with E-state index >= 15 is 0 Å². The molecule has 1 aromatic carbocycles. The molecule has 0 bridgehead atoms. The summed E-state index contributed by atoms with van der Waals surface area (Å²) < 4.78 is 7.53. The summed E-state index contributed by atoms with van der Waals surface area (Å²) in [6.07, 6.45) is 1.90. The molecule has 0 aliphatic heterocycles. The standard InChI is InChI=1S/C18H16N4OS2/c1-12(17-20-16(21-23-17)15-9-6-10-24-15)25-18-19-11-14(22(18)2)13-7-4-3-5-8-13/h3-12H,1-2H3. The van der Waals surface area contributed by atoms with E-state index in [0.717, 1.165) is 21.3 Å². The van der Waals surface area contributed by atoms with Gasteiger partial charge in [-0.05, 0) is 23.9 Å². The van der Waals surface area contributed by atoms with Crippen molar-refractivity contribution in [2.75, 3.05) is 0 Å². The number of aromatic nitrogens is 4. The van der Waals surface area contributed by atoms with E-state index in [2.05, 4.69) is 31.8 Å². The van der Waals surface area contributed by atoms with Crippen molar-refractivity contribution in [1.29, 1.82) is 0 Å². The summed E-state index contributed by atoms with van der Waals surface area (Å²) >= 11 is 3.21. The molecule has 0 radical (unpaired) electrons. The molecular formula is C18H16N4OS2. The molecule has 1 atom stereocenters. The van der Waals surface area contributed by atoms with Crippen LogP contribution in [0, 0.1) is 0 Å². The largest absolute Gasteiger partial charge is 0.338 e. The molecule has 1 unspecified atom stereocenters. The normalized spacial score (nSPS) is 12.4. The van der Waals surface area contributed by atoms with Crippen LogP contribution in [-0.4, -0.2) is 19.7 Å². The fourth-order valence-electron chi connectivity index (χ4n) is 2.49. The summed E-state index contributed by atoms with van der Waals surface area (Å²) in [5.41, 5.74) is 2.23. The second kappa shape index (κ2) is 6.85. The van der Waals surface area contributed by atoms with Gasteiger partial charge < -0.3 is 9.09 Å². The third-order valence-corrected chi connectivity index (χ3v) is 5.84. The number of nitrogens with zero attached hydrogens (tertiary/aromatic N) is 4. The average Bonchev–Trinajstić information content (AvgIpc) is 3.37. The van der Waals surface area contributed by atoms with Crippen LogP contribution in [0.1, 0.15) is 18.1 Å². The predicted molar refractivity (Wildman–Crippen MR) is 101 cm³/mol. The highest BCUT2D eigenvalue weighted by atomic mass is 32.2. The van der Waals surface area contributed by atoms with E-state index < -0.39 is 0 Å². The van der Waals surface area contributed by atoms with Crippen molar-refractivity contribution in [2.24, 2.45) is 7.05 Å². The van der Waals surface area contributed by atoms with Crippen LogP contribution >= 0.6 is 23.1 Å². The molecule has 4 rings (SSSR count). The number of imidazole rings is 1. The van der Waals surface area contributed by atoms with E-state index in [4.69, 9.17) is 4.52 Å². The van der Waals surface area contributed by atoms with Crippen molar-refractivity contribution in [3.05, 3.63) is 59.9 Å². The third kappa shape index (κ3) is 3.25. The molecule has 5 nitrogen and oxygen atoms in total. The van der Waals surface area contributed by atoms with Crippen molar-refractivity contribution in [1.82, 2.24) is 19.7 Å². The van der Waals surface area contributed by atoms with E-state index in [9.17, 15) is 0 Å². The summed E-state index contributed by atoms with van der Waals surface area (Å²) in [6, 6.07) is 14.2. The van der Waals surface area contributed by atoms with Crippen LogP contribution in [0.5, 0.6) is 0 Å². The molecule has 25 heavy (non-hydrogen) atoms. The van der Waals surface area contributed by atoms with E-state index in [1.54, 1.807) is 23.1 Å². The Morgan fingerprint density at radius 2 is 2.00 bits per heavy atom. The maximum absolute atomic E-state index is 5.44. The van der Waals surface area contributed by atoms with Gasteiger partial charge in [0.2, 0.25) is 11.7 Å². The Morgan fingerprint density at radius 3 is 2.76 bits per heavy atom. The fourth-order valence-corrected chi connectivity index (χ4v) is 4.03. The average molecular weight is 368 g/mol. The van der Waals surface area contributed by atoms with Crippen molar-refractivity contribution in [3.8, 4) is 22.0 Å². The van der Waals surface area contributed by atoms with Gasteiger partial charge in [0.05, 0.1) is 22.0 Å². The molecule has 3 aromatic heterocycles. The Morgan fingerprint density at radius 1 is 1.16 bits per heavy atom. The van der Waals surface area contributed by atoms with Gasteiger partial charge in [0.25, 0.3) is 0 Å². The van der Waals surface area contributed by atoms with Crippen molar-refractivity contribution < 1.29 is 4.52 Å². The second-order valence-corrected chi connectivity index (χ2v) is 7.80. The van der Waals surface area contributed by atoms with E-state index in [-0.39, 0.29) is 5.25 Å². The Bertz CT molecular complexity index is 960. The number of benzene rings is 1. The van der Waals surface area contributed by atoms with Crippen LogP contribution in [0.4, 0.5) is 0 Å². The first-order valence-corrected chi connectivity index (χ1v) is 9.59. The lowest BCUT2D eigenvalue weighted by molar-refractivity contribution is 0.380. The summed E-state index contributed by atoms with van der Waals surface area (Å²) in [6.45, 7) is 2.05. The Hall–Kier alpha value is -2.38. The smallest absolute Gasteiger partial charge is 0.240 e. The molecule has 4 aromatic rings. The maximum atomic E-state index is 5.44. The van der Waals surface area contributed by atoms with Gasteiger partial charge in [0, 0.05) is 7.05 Å². The quantitative estimate of drug-likeness (QED) is 0.461. The van der Waals surface area contributed by atoms with Gasteiger partial charge in [-0.2, -0.15) is 4.98 Å². The highest BCUT2D eigenvalue weighted by Crippen LogP contribution is 2.35. The van der Waals surface area contributed by atoms with Crippen LogP contribution in [0.25, 0.3) is 22.0 Å². The lowest BCUT2D eigenvalue weighted by Gasteiger charge is -2.08. The number of thioether (sulfide) groups is 1. The maximum Gasteiger partial charge on any atom is 0.240 e. The van der Waals surface area contributed by atoms with Gasteiger partial charge in [-0.3, -0.25) is 0 Å². The van der Waals surface area contributed by atoms with Gasteiger partial charge in [0.1, 0.15) is 0 Å². The minimum Gasteiger partial charge on any atom is -0.338 e. The molecule has 0 saturated carbocycles. The SMILES string of the molecule is CC(Sc1ncc(-c2ccccc2)n1C)c1nc(-c2cccs2)no1. The minimum absolute atomic E-state index is 0.0194. The Labute approximate surface area is 153 Å². The number of thiophene rings is 1. The predicted octanol–water partition coefficient (Wildman–Crippen LogP) is 5.05. The molecule has 0 N–H and O–H groups in total. The van der Waals surface area contributed by atoms with Crippen LogP contribution in [0.3, 0.4) is 0 Å². The van der Waals surface area contributed by atoms with E-state index in [1.807, 2.05) is 55.9 Å². The highest BCUT2D eigenvalue weighted by Gasteiger charge is 2.19. The van der Waals surface area contributed by atoms with Gasteiger partial charge in [-0.15, -0.1) is 11.3 Å². The summed E-state index contributed by atoms with van der Waals surface area (Å²) in [5, 5.41) is 7.02. The molecule has 0 fully saturated rings. The molecular weight excluding hydrogens is 352 g/mol. The highest BCUT2D eigenvalue weighted by molar-refractivity contribution is 7.99. The van der Waals surface area contributed by atoms with E-state index in [1.165, 1.54) is 0 Å². The van der Waals surface area contributed by atoms with Gasteiger partial charge >= 0.3 is 0 Å². The fraction of sp³-hybridized carbons (Fsp3) is 0.167. The summed E-state index contributed by atoms with van der Waals surface area (Å²) in [5.74, 6) is 1.25. The molecule has 126 valence electrons. The van der Waals surface area contributed by atoms with Crippen LogP contribution < -0.4 is 0 Å². The monoisotopic (exact) mass is 368 g/mol. The second-order valence-electron chi connectivity index (χ2n) is 5.54. The van der Waals surface area contributed by atoms with Gasteiger partial charge in [-0.25, -0.2) is 4.98 Å². The van der Waals surface area contributed by atoms with Crippen molar-refractivity contribution in [2.45, 2.75) is 17.3 Å². The Kier molecular flexibility index (Phi) is 4.42. The zero-order chi connectivity index (χ0) is 17.2. The van der Waals surface area contributed by atoms with Crippen LogP contribution in [0.15, 0.2) is 63.7 Å². The van der Waals surface area contributed by atoms with E-state index in [0.29, 0.717) is 11.7 Å². The number of hydrogen-bond donors (Lipinski definition) is 0. The zero-order valence-electron chi connectivity index (χ0n) is 13.8. The molecule has 0 amide bonds. The molecule has 0 spiro atoms. The van der Waals surface area contributed by atoms with Crippen LogP contribution in [-0.2, 0) is 7.05 Å². The number of rotatable bonds is 5. The zero-order valence-corrected chi connectivity index (χ0v) is 15.4. The van der Waals surface area contributed by atoms with Crippen LogP contribution in [0.2, 0.25) is 0 Å².